The molecule has 0 radical (unpaired) electrons. The van der Waals surface area contributed by atoms with Crippen LogP contribution in [0.4, 0.5) is 0 Å². The van der Waals surface area contributed by atoms with Crippen LogP contribution in [-0.2, 0) is 30.9 Å². The van der Waals surface area contributed by atoms with Crippen molar-refractivity contribution >= 4 is 33.7 Å². The van der Waals surface area contributed by atoms with Gasteiger partial charge in [0.1, 0.15) is 18.8 Å². The molecule has 1 heterocycles. The summed E-state index contributed by atoms with van der Waals surface area (Å²) in [5, 5.41) is 4.97. The number of methoxy groups -OCH3 is 1. The van der Waals surface area contributed by atoms with Gasteiger partial charge in [-0.25, -0.2) is 13.1 Å². The quantitative estimate of drug-likeness (QED) is 0.219. The number of hydrogen-bond acceptors (Lipinski definition) is 9. The number of amides is 3. The van der Waals surface area contributed by atoms with E-state index in [9.17, 15) is 27.6 Å². The Labute approximate surface area is 224 Å². The Morgan fingerprint density at radius 1 is 0.821 bits per heavy atom. The van der Waals surface area contributed by atoms with Gasteiger partial charge in [0.2, 0.25) is 0 Å². The zero-order valence-electron chi connectivity index (χ0n) is 20.9. The molecule has 3 rings (SSSR count). The van der Waals surface area contributed by atoms with Gasteiger partial charge in [-0.3, -0.25) is 24.2 Å². The van der Waals surface area contributed by atoms with E-state index in [1.165, 1.54) is 43.5 Å². The number of pyridine rings is 1. The van der Waals surface area contributed by atoms with E-state index in [0.29, 0.717) is 13.2 Å². The number of rotatable bonds is 12. The Morgan fingerprint density at radius 2 is 1.51 bits per heavy atom. The van der Waals surface area contributed by atoms with Crippen molar-refractivity contribution in [2.45, 2.75) is 11.5 Å². The molecule has 2 aromatic carbocycles. The number of nitrogens with zero attached hydrogens (tertiary/aromatic N) is 1. The van der Waals surface area contributed by atoms with Crippen LogP contribution in [0, 0.1) is 0 Å². The number of aromatic nitrogens is 1. The summed E-state index contributed by atoms with van der Waals surface area (Å²) < 4.78 is 37.0. The van der Waals surface area contributed by atoms with E-state index in [0.717, 1.165) is 11.8 Å². The highest BCUT2D eigenvalue weighted by atomic mass is 32.2. The molecular formula is C26H26N4O8S. The SMILES string of the molecule is COCCNC(=O)c1ccc(S(=O)(=O)NC(=O)c2ccc(C(=O)NCC(=O)OCc3ccccc3)nc2)cc1. The highest BCUT2D eigenvalue weighted by Gasteiger charge is 2.20. The first kappa shape index (κ1) is 28.9. The summed E-state index contributed by atoms with van der Waals surface area (Å²) in [5.41, 5.74) is 0.822. The third-order valence-electron chi connectivity index (χ3n) is 5.14. The molecule has 0 aliphatic carbocycles. The second kappa shape index (κ2) is 13.8. The largest absolute Gasteiger partial charge is 0.460 e. The minimum absolute atomic E-state index is 0.0644. The molecule has 0 spiro atoms. The van der Waals surface area contributed by atoms with Crippen LogP contribution >= 0.6 is 0 Å². The first-order chi connectivity index (χ1) is 18.7. The van der Waals surface area contributed by atoms with E-state index < -0.39 is 33.7 Å². The van der Waals surface area contributed by atoms with E-state index in [4.69, 9.17) is 9.47 Å². The van der Waals surface area contributed by atoms with Gasteiger partial charge in [0.15, 0.2) is 0 Å². The van der Waals surface area contributed by atoms with Gasteiger partial charge in [0, 0.05) is 25.4 Å². The molecule has 0 aliphatic heterocycles. The zero-order chi connectivity index (χ0) is 28.3. The lowest BCUT2D eigenvalue weighted by molar-refractivity contribution is -0.143. The van der Waals surface area contributed by atoms with Crippen molar-refractivity contribution < 1.29 is 37.1 Å². The van der Waals surface area contributed by atoms with Gasteiger partial charge < -0.3 is 20.1 Å². The maximum absolute atomic E-state index is 12.6. The summed E-state index contributed by atoms with van der Waals surface area (Å²) in [5.74, 6) is -2.70. The zero-order valence-corrected chi connectivity index (χ0v) is 21.7. The minimum Gasteiger partial charge on any atom is -0.460 e. The Bertz CT molecular complexity index is 1410. The summed E-state index contributed by atoms with van der Waals surface area (Å²) in [6.07, 6.45) is 1.03. The van der Waals surface area contributed by atoms with Crippen LogP contribution < -0.4 is 15.4 Å². The second-order valence-electron chi connectivity index (χ2n) is 7.97. The fraction of sp³-hybridized carbons (Fsp3) is 0.192. The second-order valence-corrected chi connectivity index (χ2v) is 9.65. The maximum atomic E-state index is 12.6. The molecule has 39 heavy (non-hydrogen) atoms. The van der Waals surface area contributed by atoms with Crippen LogP contribution in [0.3, 0.4) is 0 Å². The summed E-state index contributed by atoms with van der Waals surface area (Å²) in [4.78, 5) is 52.3. The molecular weight excluding hydrogens is 528 g/mol. The predicted octanol–water partition coefficient (Wildman–Crippen LogP) is 1.05. The van der Waals surface area contributed by atoms with Gasteiger partial charge in [-0.2, -0.15) is 0 Å². The average Bonchev–Trinajstić information content (AvgIpc) is 2.95. The van der Waals surface area contributed by atoms with Crippen LogP contribution in [0.1, 0.15) is 36.8 Å². The smallest absolute Gasteiger partial charge is 0.325 e. The topological polar surface area (TPSA) is 170 Å². The van der Waals surface area contributed by atoms with Crippen LogP contribution in [-0.4, -0.2) is 63.9 Å². The Balaban J connectivity index is 1.51. The molecule has 0 saturated heterocycles. The van der Waals surface area contributed by atoms with E-state index >= 15 is 0 Å². The molecule has 3 N–H and O–H groups in total. The molecule has 3 amide bonds. The van der Waals surface area contributed by atoms with Gasteiger partial charge in [-0.15, -0.1) is 0 Å². The van der Waals surface area contributed by atoms with Gasteiger partial charge in [-0.1, -0.05) is 30.3 Å². The molecule has 204 valence electrons. The summed E-state index contributed by atoms with van der Waals surface area (Å²) in [6.45, 7) is 0.298. The number of carbonyl (C=O) groups excluding carboxylic acids is 4. The fourth-order valence-electron chi connectivity index (χ4n) is 3.09. The van der Waals surface area contributed by atoms with Crippen molar-refractivity contribution in [2.24, 2.45) is 0 Å². The maximum Gasteiger partial charge on any atom is 0.325 e. The monoisotopic (exact) mass is 554 g/mol. The molecule has 0 atom stereocenters. The summed E-state index contributed by atoms with van der Waals surface area (Å²) in [7, 11) is -2.75. The molecule has 0 aliphatic rings. The van der Waals surface area contributed by atoms with Crippen LogP contribution in [0.25, 0.3) is 0 Å². The van der Waals surface area contributed by atoms with Gasteiger partial charge in [-0.05, 0) is 42.0 Å². The number of carbonyl (C=O) groups is 4. The number of hydrogen-bond donors (Lipinski definition) is 3. The normalized spacial score (nSPS) is 10.8. The van der Waals surface area contributed by atoms with Crippen molar-refractivity contribution in [2.75, 3.05) is 26.8 Å². The van der Waals surface area contributed by atoms with Crippen LogP contribution in [0.15, 0.2) is 77.8 Å². The third kappa shape index (κ3) is 8.72. The Hall–Kier alpha value is -4.62. The first-order valence-electron chi connectivity index (χ1n) is 11.6. The van der Waals surface area contributed by atoms with Gasteiger partial charge >= 0.3 is 5.97 Å². The number of benzene rings is 2. The molecule has 13 heteroatoms. The highest BCUT2D eigenvalue weighted by Crippen LogP contribution is 2.12. The van der Waals surface area contributed by atoms with Crippen molar-refractivity contribution in [3.63, 3.8) is 0 Å². The van der Waals surface area contributed by atoms with Crippen molar-refractivity contribution in [3.05, 3.63) is 95.3 Å². The van der Waals surface area contributed by atoms with E-state index in [1.807, 2.05) is 10.8 Å². The first-order valence-corrected chi connectivity index (χ1v) is 13.1. The number of esters is 1. The summed E-state index contributed by atoms with van der Waals surface area (Å²) in [6, 6.07) is 16.5. The third-order valence-corrected chi connectivity index (χ3v) is 6.49. The Kier molecular flexibility index (Phi) is 10.2. The number of sulfonamides is 1. The molecule has 3 aromatic rings. The molecule has 0 saturated carbocycles. The van der Waals surface area contributed by atoms with Crippen LogP contribution in [0.2, 0.25) is 0 Å². The number of nitrogens with one attached hydrogen (secondary N) is 3. The van der Waals surface area contributed by atoms with E-state index in [-0.39, 0.29) is 34.9 Å². The molecule has 12 nitrogen and oxygen atoms in total. The minimum atomic E-state index is -4.25. The van der Waals surface area contributed by atoms with Crippen molar-refractivity contribution in [3.8, 4) is 0 Å². The van der Waals surface area contributed by atoms with Crippen molar-refractivity contribution in [1.29, 1.82) is 0 Å². The lowest BCUT2D eigenvalue weighted by atomic mass is 10.2. The van der Waals surface area contributed by atoms with Gasteiger partial charge in [0.05, 0.1) is 17.1 Å². The predicted molar refractivity (Wildman–Crippen MR) is 138 cm³/mol. The standard InChI is InChI=1S/C26H26N4O8S/c1-37-14-13-27-24(32)19-7-10-21(11-8-19)39(35,36)30-25(33)20-9-12-22(28-15-20)26(34)29-16-23(31)38-17-18-5-3-2-4-6-18/h2-12,15H,13-14,16-17H2,1H3,(H,27,32)(H,29,34)(H,30,33). The van der Waals surface area contributed by atoms with E-state index in [2.05, 4.69) is 15.6 Å². The highest BCUT2D eigenvalue weighted by molar-refractivity contribution is 7.90. The number of ether oxygens (including phenoxy) is 2. The molecule has 1 aromatic heterocycles. The lowest BCUT2D eigenvalue weighted by Gasteiger charge is -2.09. The average molecular weight is 555 g/mol. The molecule has 0 unspecified atom stereocenters. The summed E-state index contributed by atoms with van der Waals surface area (Å²) >= 11 is 0. The Morgan fingerprint density at radius 3 is 2.15 bits per heavy atom. The lowest BCUT2D eigenvalue weighted by Crippen LogP contribution is -2.32. The van der Waals surface area contributed by atoms with E-state index in [1.54, 1.807) is 24.3 Å². The molecule has 0 fully saturated rings. The van der Waals surface area contributed by atoms with Crippen molar-refractivity contribution in [1.82, 2.24) is 20.3 Å². The van der Waals surface area contributed by atoms with Gasteiger partial charge in [0.25, 0.3) is 27.7 Å². The van der Waals surface area contributed by atoms with Crippen LogP contribution in [0.5, 0.6) is 0 Å². The molecule has 0 bridgehead atoms. The fourth-order valence-corrected chi connectivity index (χ4v) is 4.06.